The molecule has 3 nitrogen and oxygen atoms in total. The van der Waals surface area contributed by atoms with Gasteiger partial charge in [0.05, 0.1) is 6.33 Å². The molecule has 0 unspecified atom stereocenters. The molecule has 0 radical (unpaired) electrons. The first kappa shape index (κ1) is 11.2. The highest BCUT2D eigenvalue weighted by atomic mass is 79.9. The van der Waals surface area contributed by atoms with E-state index >= 15 is 0 Å². The van der Waals surface area contributed by atoms with Gasteiger partial charge in [0.1, 0.15) is 5.15 Å². The fourth-order valence-corrected chi connectivity index (χ4v) is 0.967. The molecule has 0 aliphatic carbocycles. The summed E-state index contributed by atoms with van der Waals surface area (Å²) >= 11 is 11.3. The minimum atomic E-state index is 0. The lowest BCUT2D eigenvalue weighted by molar-refractivity contribution is 0.708. The molecule has 0 aromatic carbocycles. The van der Waals surface area contributed by atoms with E-state index in [-0.39, 0.29) is 17.0 Å². The van der Waals surface area contributed by atoms with Gasteiger partial charge in [0, 0.05) is 13.1 Å². The van der Waals surface area contributed by atoms with Crippen LogP contribution in [0.2, 0.25) is 10.3 Å². The molecule has 0 aliphatic heterocycles. The molecule has 6 heteroatoms. The Labute approximate surface area is 85.3 Å². The molecule has 0 aliphatic rings. The van der Waals surface area contributed by atoms with E-state index in [0.29, 0.717) is 23.4 Å². The molecule has 0 atom stereocenters. The van der Waals surface area contributed by atoms with Crippen molar-refractivity contribution in [1.29, 1.82) is 0 Å². The number of rotatable bonds is 2. The maximum Gasteiger partial charge on any atom is 0.166 e. The Balaban J connectivity index is 0.000001000. The predicted octanol–water partition coefficient (Wildman–Crippen LogP) is 1.73. The largest absolute Gasteiger partial charge is 0.329 e. The average Bonchev–Trinajstić information content (AvgIpc) is 2.20. The van der Waals surface area contributed by atoms with Gasteiger partial charge in [-0.25, -0.2) is 4.98 Å². The number of aromatic nitrogens is 2. The van der Waals surface area contributed by atoms with Crippen molar-refractivity contribution in [3.63, 3.8) is 0 Å². The van der Waals surface area contributed by atoms with Crippen LogP contribution < -0.4 is 5.73 Å². The van der Waals surface area contributed by atoms with Crippen LogP contribution in [-0.2, 0) is 6.54 Å². The third kappa shape index (κ3) is 2.63. The Morgan fingerprint density at radius 1 is 1.55 bits per heavy atom. The van der Waals surface area contributed by atoms with Crippen molar-refractivity contribution in [3.05, 3.63) is 16.6 Å². The SMILES string of the molecule is Br.NCCn1cnc(Cl)c1Cl. The van der Waals surface area contributed by atoms with E-state index in [1.54, 1.807) is 10.9 Å². The molecule has 1 aromatic rings. The Kier molecular flexibility index (Phi) is 5.08. The van der Waals surface area contributed by atoms with Crippen LogP contribution in [0.5, 0.6) is 0 Å². The summed E-state index contributed by atoms with van der Waals surface area (Å²) in [4.78, 5) is 3.78. The minimum Gasteiger partial charge on any atom is -0.329 e. The summed E-state index contributed by atoms with van der Waals surface area (Å²) in [5, 5.41) is 0.780. The molecule has 64 valence electrons. The molecular formula is C5H8BrCl2N3. The first-order valence-corrected chi connectivity index (χ1v) is 3.57. The van der Waals surface area contributed by atoms with Crippen LogP contribution in [0, 0.1) is 0 Å². The molecule has 0 fully saturated rings. The second kappa shape index (κ2) is 4.98. The van der Waals surface area contributed by atoms with E-state index in [1.165, 1.54) is 0 Å². The molecule has 11 heavy (non-hydrogen) atoms. The maximum absolute atomic E-state index is 5.70. The summed E-state index contributed by atoms with van der Waals surface area (Å²) in [5.41, 5.74) is 5.29. The molecule has 1 rings (SSSR count). The standard InChI is InChI=1S/C5H7Cl2N3.BrH/c6-4-5(7)10(2-1-8)3-9-4;/h3H,1-2,8H2;1H. The van der Waals surface area contributed by atoms with Crippen molar-refractivity contribution in [3.8, 4) is 0 Å². The smallest absolute Gasteiger partial charge is 0.166 e. The lowest BCUT2D eigenvalue weighted by Gasteiger charge is -1.98. The zero-order chi connectivity index (χ0) is 7.56. The second-order valence-electron chi connectivity index (χ2n) is 1.81. The topological polar surface area (TPSA) is 43.8 Å². The van der Waals surface area contributed by atoms with Gasteiger partial charge in [-0.3, -0.25) is 0 Å². The average molecular weight is 261 g/mol. The number of imidazole rings is 1. The van der Waals surface area contributed by atoms with Gasteiger partial charge in [0.25, 0.3) is 0 Å². The summed E-state index contributed by atoms with van der Waals surface area (Å²) in [6, 6.07) is 0. The third-order valence-electron chi connectivity index (χ3n) is 1.10. The fraction of sp³-hybridized carbons (Fsp3) is 0.400. The lowest BCUT2D eigenvalue weighted by atomic mass is 10.6. The van der Waals surface area contributed by atoms with Crippen LogP contribution in [0.15, 0.2) is 6.33 Å². The van der Waals surface area contributed by atoms with Gasteiger partial charge in [0.15, 0.2) is 5.15 Å². The van der Waals surface area contributed by atoms with Gasteiger partial charge in [-0.05, 0) is 0 Å². The molecule has 1 heterocycles. The van der Waals surface area contributed by atoms with Crippen molar-refractivity contribution in [1.82, 2.24) is 9.55 Å². The second-order valence-corrected chi connectivity index (χ2v) is 2.52. The molecule has 0 saturated heterocycles. The molecule has 0 amide bonds. The summed E-state index contributed by atoms with van der Waals surface area (Å²) in [7, 11) is 0. The van der Waals surface area contributed by atoms with E-state index in [1.807, 2.05) is 0 Å². The van der Waals surface area contributed by atoms with Crippen LogP contribution in [0.25, 0.3) is 0 Å². The molecule has 1 aromatic heterocycles. The van der Waals surface area contributed by atoms with Crippen molar-refractivity contribution in [2.24, 2.45) is 5.73 Å². The van der Waals surface area contributed by atoms with Crippen molar-refractivity contribution in [2.45, 2.75) is 6.54 Å². The Morgan fingerprint density at radius 3 is 2.55 bits per heavy atom. The van der Waals surface area contributed by atoms with E-state index < -0.39 is 0 Å². The highest BCUT2D eigenvalue weighted by molar-refractivity contribution is 8.93. The number of hydrogen-bond acceptors (Lipinski definition) is 2. The number of nitrogens with zero attached hydrogens (tertiary/aromatic N) is 2. The highest BCUT2D eigenvalue weighted by Gasteiger charge is 2.03. The van der Waals surface area contributed by atoms with Gasteiger partial charge < -0.3 is 10.3 Å². The van der Waals surface area contributed by atoms with E-state index in [9.17, 15) is 0 Å². The Bertz CT molecular complexity index is 226. The van der Waals surface area contributed by atoms with Gasteiger partial charge in [-0.15, -0.1) is 17.0 Å². The number of halogens is 3. The summed E-state index contributed by atoms with van der Waals surface area (Å²) in [6.45, 7) is 1.19. The number of hydrogen-bond donors (Lipinski definition) is 1. The van der Waals surface area contributed by atoms with Gasteiger partial charge in [-0.2, -0.15) is 0 Å². The Morgan fingerprint density at radius 2 is 2.18 bits per heavy atom. The van der Waals surface area contributed by atoms with Crippen molar-refractivity contribution in [2.75, 3.05) is 6.54 Å². The highest BCUT2D eigenvalue weighted by Crippen LogP contribution is 2.18. The zero-order valence-corrected chi connectivity index (χ0v) is 8.85. The molecular weight excluding hydrogens is 253 g/mol. The van der Waals surface area contributed by atoms with E-state index in [2.05, 4.69) is 4.98 Å². The zero-order valence-electron chi connectivity index (χ0n) is 5.63. The summed E-state index contributed by atoms with van der Waals surface area (Å²) in [5.74, 6) is 0. The molecule has 0 saturated carbocycles. The van der Waals surface area contributed by atoms with Crippen LogP contribution in [0.1, 0.15) is 0 Å². The quantitative estimate of drug-likeness (QED) is 0.880. The minimum absolute atomic E-state index is 0. The van der Waals surface area contributed by atoms with Crippen LogP contribution >= 0.6 is 40.2 Å². The first-order valence-electron chi connectivity index (χ1n) is 2.82. The molecule has 2 N–H and O–H groups in total. The van der Waals surface area contributed by atoms with E-state index in [0.717, 1.165) is 0 Å². The van der Waals surface area contributed by atoms with Crippen LogP contribution in [-0.4, -0.2) is 16.1 Å². The van der Waals surface area contributed by atoms with Crippen molar-refractivity contribution < 1.29 is 0 Å². The molecule has 0 spiro atoms. The maximum atomic E-state index is 5.70. The third-order valence-corrected chi connectivity index (χ3v) is 1.87. The Hall–Kier alpha value is 0.230. The van der Waals surface area contributed by atoms with Crippen LogP contribution in [0.4, 0.5) is 0 Å². The van der Waals surface area contributed by atoms with E-state index in [4.69, 9.17) is 28.9 Å². The predicted molar refractivity (Wildman–Crippen MR) is 51.6 cm³/mol. The number of nitrogens with two attached hydrogens (primary N) is 1. The van der Waals surface area contributed by atoms with Crippen LogP contribution in [0.3, 0.4) is 0 Å². The van der Waals surface area contributed by atoms with Gasteiger partial charge >= 0.3 is 0 Å². The van der Waals surface area contributed by atoms with Gasteiger partial charge in [-0.1, -0.05) is 23.2 Å². The summed E-state index contributed by atoms with van der Waals surface area (Å²) in [6.07, 6.45) is 1.57. The van der Waals surface area contributed by atoms with Gasteiger partial charge in [0.2, 0.25) is 0 Å². The first-order chi connectivity index (χ1) is 4.75. The summed E-state index contributed by atoms with van der Waals surface area (Å²) < 4.78 is 1.70. The fourth-order valence-electron chi connectivity index (χ4n) is 0.638. The lowest BCUT2D eigenvalue weighted by Crippen LogP contribution is -2.08. The van der Waals surface area contributed by atoms with Crippen molar-refractivity contribution >= 4 is 40.2 Å². The normalized spacial score (nSPS) is 9.36. The monoisotopic (exact) mass is 259 g/mol. The molecule has 0 bridgehead atoms.